The molecule has 0 atom stereocenters. The van der Waals surface area contributed by atoms with Gasteiger partial charge >= 0.3 is 0 Å². The normalized spacial score (nSPS) is 12.5. The lowest BCUT2D eigenvalue weighted by atomic mass is 9.79. The van der Waals surface area contributed by atoms with E-state index in [0.717, 1.165) is 0 Å². The van der Waals surface area contributed by atoms with Crippen molar-refractivity contribution in [1.29, 1.82) is 0 Å². The molecular weight excluding hydrogens is 1080 g/mol. The monoisotopic (exact) mass is 1150 g/mol. The first-order valence-electron chi connectivity index (χ1n) is 30.7. The Morgan fingerprint density at radius 1 is 0.174 bits per heavy atom. The van der Waals surface area contributed by atoms with E-state index in [1.807, 2.05) is 0 Å². The molecular formula is C83H70Si3. The molecule has 0 saturated carbocycles. The van der Waals surface area contributed by atoms with Crippen molar-refractivity contribution in [2.45, 2.75) is 58.9 Å². The van der Waals surface area contributed by atoms with Crippen molar-refractivity contribution >= 4 is 115 Å². The quantitative estimate of drug-likeness (QED) is 0.0946. The first-order valence-corrected chi connectivity index (χ1v) is 41.2. The first kappa shape index (κ1) is 53.7. The number of hydrogen-bond donors (Lipinski definition) is 0. The molecule has 0 heterocycles. The van der Waals surface area contributed by atoms with Gasteiger partial charge < -0.3 is 0 Å². The van der Waals surface area contributed by atoms with Crippen molar-refractivity contribution in [2.24, 2.45) is 0 Å². The van der Waals surface area contributed by atoms with E-state index in [1.54, 1.807) is 0 Å². The summed E-state index contributed by atoms with van der Waals surface area (Å²) in [7, 11) is -4.71. The third kappa shape index (κ3) is 8.89. The molecule has 0 radical (unpaired) electrons. The molecule has 15 aromatic carbocycles. The Morgan fingerprint density at radius 2 is 0.430 bits per heavy atom. The van der Waals surface area contributed by atoms with Gasteiger partial charge in [-0.3, -0.25) is 0 Å². The van der Waals surface area contributed by atoms with E-state index in [0.29, 0.717) is 0 Å². The van der Waals surface area contributed by atoms with Crippen molar-refractivity contribution in [2.75, 3.05) is 0 Å². The second-order valence-electron chi connectivity index (χ2n) is 27.1. The van der Waals surface area contributed by atoms with Gasteiger partial charge in [0, 0.05) is 0 Å². The fraction of sp³-hybridized carbons (Fsp3) is 0.108. The molecule has 15 rings (SSSR count). The van der Waals surface area contributed by atoms with E-state index < -0.39 is 24.2 Å². The predicted octanol–water partition coefficient (Wildman–Crippen LogP) is 22.5. The van der Waals surface area contributed by atoms with E-state index in [-0.39, 0.29) is 0 Å². The number of hydrogen-bond acceptors (Lipinski definition) is 0. The molecule has 0 fully saturated rings. The Hall–Kier alpha value is -8.97. The Labute approximate surface area is 509 Å². The smallest absolute Gasteiger partial charge is 0.0656 e. The number of rotatable bonds is 10. The summed E-state index contributed by atoms with van der Waals surface area (Å²) in [5, 5.41) is 22.3. The van der Waals surface area contributed by atoms with Crippen molar-refractivity contribution in [3.8, 4) is 77.9 Å². The van der Waals surface area contributed by atoms with Gasteiger partial charge in [0.1, 0.15) is 0 Å². The third-order valence-corrected chi connectivity index (χ3v) is 25.0. The van der Waals surface area contributed by atoms with Gasteiger partial charge in [-0.2, -0.15) is 0 Å². The van der Waals surface area contributed by atoms with E-state index in [9.17, 15) is 0 Å². The summed E-state index contributed by atoms with van der Waals surface area (Å²) >= 11 is 0. The second kappa shape index (κ2) is 20.3. The predicted molar refractivity (Wildman–Crippen MR) is 387 cm³/mol. The van der Waals surface area contributed by atoms with Crippen LogP contribution in [0.4, 0.5) is 0 Å². The zero-order chi connectivity index (χ0) is 58.8. The van der Waals surface area contributed by atoms with Crippen molar-refractivity contribution in [1.82, 2.24) is 0 Å². The van der Waals surface area contributed by atoms with Crippen LogP contribution in [0.2, 0.25) is 58.9 Å². The van der Waals surface area contributed by atoms with Gasteiger partial charge in [0.15, 0.2) is 0 Å². The standard InChI is InChI=1S/C83H70Si3/c1-84(2,3)56-35-31-54(32-36-56)59-40-43-69(65-27-17-14-24-62(59)65)78-51-77(68-42-39-58(53-21-11-10-12-22-53)61-23-13-16-26-64(61)68)73-45-46-75-79(70-44-41-60(63-25-15-18-28-66(63)70)55-33-37-57(38-34-55)85(4,5)6)52-80(76-48-47-74(78)82(73)83(75)76)71-49-50-81(86(7,8)9)72-30-20-19-29-67(71)72/h10-52H,1-9H3. The molecule has 3 heteroatoms. The largest absolute Gasteiger partial charge is 0.0784 e. The Bertz CT molecular complexity index is 5190. The van der Waals surface area contributed by atoms with Crippen LogP contribution in [0.1, 0.15) is 0 Å². The lowest BCUT2D eigenvalue weighted by Gasteiger charge is -2.24. The topological polar surface area (TPSA) is 0 Å². The summed E-state index contributed by atoms with van der Waals surface area (Å²) in [6.07, 6.45) is 0. The Balaban J connectivity index is 1.07. The molecule has 0 amide bonds. The van der Waals surface area contributed by atoms with Crippen LogP contribution in [0.15, 0.2) is 261 Å². The van der Waals surface area contributed by atoms with Gasteiger partial charge in [0.05, 0.1) is 24.2 Å². The van der Waals surface area contributed by atoms with Gasteiger partial charge in [0.25, 0.3) is 0 Å². The summed E-state index contributed by atoms with van der Waals surface area (Å²) in [5.41, 5.74) is 17.5. The average Bonchev–Trinajstić information content (AvgIpc) is 0.748. The molecule has 0 spiro atoms. The number of benzene rings is 15. The maximum absolute atomic E-state index is 2.56. The zero-order valence-electron chi connectivity index (χ0n) is 50.8. The SMILES string of the molecule is C[Si](C)(C)c1ccc(-c2ccc(-c3cc(-c4ccc(-c5ccccc5)c5ccccc45)c4ccc5c(-c6ccc(-c7ccc([Si](C)(C)C)cc7)c7ccccc67)cc(-c6ccc([Si](C)(C)C)c7ccccc67)c6ccc3c4c56)c3ccccc23)cc1. The second-order valence-corrected chi connectivity index (χ2v) is 42.3. The molecule has 0 N–H and O–H groups in total. The maximum atomic E-state index is 2.56. The van der Waals surface area contributed by atoms with Gasteiger partial charge in [-0.15, -0.1) is 0 Å². The van der Waals surface area contributed by atoms with Gasteiger partial charge in [-0.05, 0) is 165 Å². The van der Waals surface area contributed by atoms with E-state index in [4.69, 9.17) is 0 Å². The molecule has 0 aliphatic carbocycles. The van der Waals surface area contributed by atoms with E-state index in [2.05, 4.69) is 320 Å². The molecule has 0 aliphatic rings. The van der Waals surface area contributed by atoms with Crippen LogP contribution in [0.5, 0.6) is 0 Å². The zero-order valence-corrected chi connectivity index (χ0v) is 53.8. The summed E-state index contributed by atoms with van der Waals surface area (Å²) in [6.45, 7) is 22.0. The highest BCUT2D eigenvalue weighted by atomic mass is 28.3. The lowest BCUT2D eigenvalue weighted by molar-refractivity contribution is 1.63. The average molecular weight is 1150 g/mol. The van der Waals surface area contributed by atoms with Crippen molar-refractivity contribution in [3.63, 3.8) is 0 Å². The van der Waals surface area contributed by atoms with Gasteiger partial charge in [-0.1, -0.05) is 323 Å². The van der Waals surface area contributed by atoms with Crippen molar-refractivity contribution in [3.05, 3.63) is 261 Å². The molecule has 0 aliphatic heterocycles. The molecule has 0 nitrogen and oxygen atoms in total. The first-order chi connectivity index (χ1) is 41.6. The van der Waals surface area contributed by atoms with Crippen LogP contribution in [0.25, 0.3) is 153 Å². The molecule has 0 aromatic heterocycles. The minimum atomic E-state index is -1.74. The van der Waals surface area contributed by atoms with Crippen LogP contribution >= 0.6 is 0 Å². The molecule has 414 valence electrons. The van der Waals surface area contributed by atoms with Crippen LogP contribution in [-0.2, 0) is 0 Å². The Morgan fingerprint density at radius 3 is 0.744 bits per heavy atom. The highest BCUT2D eigenvalue weighted by Crippen LogP contribution is 2.52. The summed E-state index contributed by atoms with van der Waals surface area (Å²) in [4.78, 5) is 0. The van der Waals surface area contributed by atoms with Crippen LogP contribution in [-0.4, -0.2) is 24.2 Å². The molecule has 0 saturated heterocycles. The van der Waals surface area contributed by atoms with Crippen LogP contribution < -0.4 is 15.6 Å². The third-order valence-electron chi connectivity index (χ3n) is 18.8. The van der Waals surface area contributed by atoms with E-state index >= 15 is 0 Å². The highest BCUT2D eigenvalue weighted by Gasteiger charge is 2.27. The van der Waals surface area contributed by atoms with Crippen LogP contribution in [0, 0.1) is 0 Å². The minimum Gasteiger partial charge on any atom is -0.0656 e. The molecule has 0 unspecified atom stereocenters. The fourth-order valence-corrected chi connectivity index (χ4v) is 18.3. The lowest BCUT2D eigenvalue weighted by Crippen LogP contribution is -2.38. The molecule has 15 aromatic rings. The minimum absolute atomic E-state index is 1.22. The summed E-state index contributed by atoms with van der Waals surface area (Å²) in [5.74, 6) is 0. The summed E-state index contributed by atoms with van der Waals surface area (Å²) in [6, 6.07) is 101. The maximum Gasteiger partial charge on any atom is 0.0784 e. The fourth-order valence-electron chi connectivity index (χ4n) is 14.3. The molecule has 86 heavy (non-hydrogen) atoms. The highest BCUT2D eigenvalue weighted by molar-refractivity contribution is 6.90. The number of fused-ring (bicyclic) bond motifs is 4. The Kier molecular flexibility index (Phi) is 12.7. The van der Waals surface area contributed by atoms with Crippen molar-refractivity contribution < 1.29 is 0 Å². The molecule has 0 bridgehead atoms. The van der Waals surface area contributed by atoms with Gasteiger partial charge in [-0.25, -0.2) is 0 Å². The summed E-state index contributed by atoms with van der Waals surface area (Å²) < 4.78 is 0. The van der Waals surface area contributed by atoms with E-state index in [1.165, 1.54) is 169 Å². The van der Waals surface area contributed by atoms with Crippen LogP contribution in [0.3, 0.4) is 0 Å². The van der Waals surface area contributed by atoms with Gasteiger partial charge in [0.2, 0.25) is 0 Å².